The number of tetrazole rings is 1. The van der Waals surface area contributed by atoms with Gasteiger partial charge in [-0.25, -0.2) is 4.68 Å². The van der Waals surface area contributed by atoms with Crippen molar-refractivity contribution in [2.24, 2.45) is 0 Å². The number of hydrogen-bond acceptors (Lipinski definition) is 6. The first kappa shape index (κ1) is 17.7. The molecule has 0 fully saturated rings. The van der Waals surface area contributed by atoms with Gasteiger partial charge in [-0.3, -0.25) is 9.59 Å². The van der Waals surface area contributed by atoms with Crippen molar-refractivity contribution in [3.8, 4) is 0 Å². The molecule has 126 valence electrons. The Morgan fingerprint density at radius 2 is 2.25 bits per heavy atom. The van der Waals surface area contributed by atoms with Crippen LogP contribution in [0, 0.1) is 0 Å². The van der Waals surface area contributed by atoms with Gasteiger partial charge < -0.3 is 10.6 Å². The normalized spacial score (nSPS) is 10.2. The van der Waals surface area contributed by atoms with E-state index in [1.54, 1.807) is 35.0 Å². The number of carbonyl (C=O) groups is 2. The third-order valence-electron chi connectivity index (χ3n) is 2.88. The van der Waals surface area contributed by atoms with Crippen LogP contribution >= 0.6 is 11.8 Å². The summed E-state index contributed by atoms with van der Waals surface area (Å²) in [6.07, 6.45) is 1.67. The van der Waals surface area contributed by atoms with E-state index < -0.39 is 0 Å². The number of aromatic nitrogens is 4. The van der Waals surface area contributed by atoms with Gasteiger partial charge >= 0.3 is 0 Å². The highest BCUT2D eigenvalue weighted by Crippen LogP contribution is 2.15. The fourth-order valence-corrected chi connectivity index (χ4v) is 2.55. The zero-order valence-corrected chi connectivity index (χ0v) is 14.0. The lowest BCUT2D eigenvalue weighted by Gasteiger charge is -2.07. The highest BCUT2D eigenvalue weighted by Gasteiger charge is 2.10. The maximum absolute atomic E-state index is 12.1. The molecule has 0 aliphatic carbocycles. The summed E-state index contributed by atoms with van der Waals surface area (Å²) in [5.41, 5.74) is 1.06. The Kier molecular flexibility index (Phi) is 6.50. The number of allylic oxidation sites excluding steroid dienone is 1. The Morgan fingerprint density at radius 1 is 1.42 bits per heavy atom. The van der Waals surface area contributed by atoms with Gasteiger partial charge in [-0.1, -0.05) is 23.9 Å². The number of nitrogens with zero attached hydrogens (tertiary/aromatic N) is 4. The lowest BCUT2D eigenvalue weighted by atomic mass is 10.2. The molecule has 9 heteroatoms. The molecule has 2 N–H and O–H groups in total. The Bertz CT molecular complexity index is 730. The summed E-state index contributed by atoms with van der Waals surface area (Å²) < 4.78 is 1.56. The lowest BCUT2D eigenvalue weighted by molar-refractivity contribution is -0.113. The molecule has 0 atom stereocenters. The second kappa shape index (κ2) is 8.82. The van der Waals surface area contributed by atoms with Crippen LogP contribution in [0.4, 0.5) is 5.69 Å². The van der Waals surface area contributed by atoms with E-state index in [-0.39, 0.29) is 17.6 Å². The first-order valence-electron chi connectivity index (χ1n) is 7.32. The van der Waals surface area contributed by atoms with Gasteiger partial charge in [-0.05, 0) is 35.5 Å². The number of benzene rings is 1. The monoisotopic (exact) mass is 346 g/mol. The van der Waals surface area contributed by atoms with E-state index in [1.165, 1.54) is 11.8 Å². The van der Waals surface area contributed by atoms with Crippen LogP contribution in [0.25, 0.3) is 0 Å². The van der Waals surface area contributed by atoms with Crippen molar-refractivity contribution in [1.82, 2.24) is 25.5 Å². The molecule has 0 aliphatic heterocycles. The van der Waals surface area contributed by atoms with Crippen LogP contribution < -0.4 is 10.6 Å². The first-order valence-corrected chi connectivity index (χ1v) is 8.30. The van der Waals surface area contributed by atoms with Crippen LogP contribution in [-0.4, -0.2) is 44.3 Å². The van der Waals surface area contributed by atoms with E-state index in [0.717, 1.165) is 0 Å². The lowest BCUT2D eigenvalue weighted by Crippen LogP contribution is -2.23. The van der Waals surface area contributed by atoms with Gasteiger partial charge in [0.15, 0.2) is 0 Å². The number of amides is 2. The minimum absolute atomic E-state index is 0.156. The van der Waals surface area contributed by atoms with E-state index in [0.29, 0.717) is 29.5 Å². The van der Waals surface area contributed by atoms with Gasteiger partial charge in [0.05, 0.1) is 12.3 Å². The summed E-state index contributed by atoms with van der Waals surface area (Å²) >= 11 is 1.23. The van der Waals surface area contributed by atoms with Crippen LogP contribution in [0.1, 0.15) is 17.3 Å². The van der Waals surface area contributed by atoms with Gasteiger partial charge in [0.25, 0.3) is 5.91 Å². The van der Waals surface area contributed by atoms with Crippen LogP contribution in [0.3, 0.4) is 0 Å². The van der Waals surface area contributed by atoms with Gasteiger partial charge in [-0.2, -0.15) is 0 Å². The van der Waals surface area contributed by atoms with Crippen LogP contribution in [-0.2, 0) is 11.3 Å². The van der Waals surface area contributed by atoms with Crippen molar-refractivity contribution in [2.45, 2.75) is 18.6 Å². The number of carbonyl (C=O) groups excluding carboxylic acids is 2. The van der Waals surface area contributed by atoms with E-state index in [9.17, 15) is 9.59 Å². The fourth-order valence-electron chi connectivity index (χ4n) is 1.86. The molecule has 0 saturated carbocycles. The number of hydrogen-bond donors (Lipinski definition) is 2. The first-order chi connectivity index (χ1) is 11.6. The number of anilines is 1. The summed E-state index contributed by atoms with van der Waals surface area (Å²) in [4.78, 5) is 23.9. The Hall–Kier alpha value is -2.68. The summed E-state index contributed by atoms with van der Waals surface area (Å²) in [6, 6.07) is 6.78. The van der Waals surface area contributed by atoms with Crippen molar-refractivity contribution in [3.05, 3.63) is 42.5 Å². The molecule has 1 aromatic carbocycles. The van der Waals surface area contributed by atoms with Crippen molar-refractivity contribution >= 4 is 29.3 Å². The van der Waals surface area contributed by atoms with E-state index >= 15 is 0 Å². The number of rotatable bonds is 8. The van der Waals surface area contributed by atoms with Crippen molar-refractivity contribution in [1.29, 1.82) is 0 Å². The van der Waals surface area contributed by atoms with Crippen LogP contribution in [0.2, 0.25) is 0 Å². The van der Waals surface area contributed by atoms with E-state index in [4.69, 9.17) is 0 Å². The third kappa shape index (κ3) is 4.92. The maximum atomic E-state index is 12.1. The van der Waals surface area contributed by atoms with E-state index in [2.05, 4.69) is 32.7 Å². The molecule has 2 rings (SSSR count). The summed E-state index contributed by atoms with van der Waals surface area (Å²) in [6.45, 7) is 6.50. The van der Waals surface area contributed by atoms with Crippen molar-refractivity contribution in [3.63, 3.8) is 0 Å². The van der Waals surface area contributed by atoms with Gasteiger partial charge in [0, 0.05) is 17.8 Å². The molecule has 1 aromatic heterocycles. The summed E-state index contributed by atoms with van der Waals surface area (Å²) in [5.74, 6) is -0.226. The molecule has 0 spiro atoms. The van der Waals surface area contributed by atoms with Gasteiger partial charge in [0.1, 0.15) is 0 Å². The SMILES string of the molecule is C=CCn1nnnc1SCC(=O)Nc1cccc(C(=O)NCC)c1. The largest absolute Gasteiger partial charge is 0.352 e. The predicted molar refractivity (Wildman–Crippen MR) is 91.8 cm³/mol. The molecule has 2 aromatic rings. The smallest absolute Gasteiger partial charge is 0.251 e. The number of thioether (sulfide) groups is 1. The molecule has 8 nitrogen and oxygen atoms in total. The topological polar surface area (TPSA) is 102 Å². The molecule has 2 amide bonds. The summed E-state index contributed by atoms with van der Waals surface area (Å²) in [5, 5.41) is 17.2. The second-order valence-corrected chi connectivity index (χ2v) is 5.65. The second-order valence-electron chi connectivity index (χ2n) is 4.71. The quantitative estimate of drug-likeness (QED) is 0.552. The summed E-state index contributed by atoms with van der Waals surface area (Å²) in [7, 11) is 0. The highest BCUT2D eigenvalue weighted by molar-refractivity contribution is 7.99. The number of nitrogens with one attached hydrogen (secondary N) is 2. The third-order valence-corrected chi connectivity index (χ3v) is 3.84. The average Bonchev–Trinajstić information content (AvgIpc) is 3.01. The molecule has 0 radical (unpaired) electrons. The van der Waals surface area contributed by atoms with Crippen LogP contribution in [0.5, 0.6) is 0 Å². The van der Waals surface area contributed by atoms with E-state index in [1.807, 2.05) is 6.92 Å². The van der Waals surface area contributed by atoms with Crippen molar-refractivity contribution in [2.75, 3.05) is 17.6 Å². The zero-order valence-electron chi connectivity index (χ0n) is 13.2. The molecule has 1 heterocycles. The van der Waals surface area contributed by atoms with Gasteiger partial charge in [0.2, 0.25) is 11.1 Å². The fraction of sp³-hybridized carbons (Fsp3) is 0.267. The molecule has 0 bridgehead atoms. The molecular formula is C15H18N6O2S. The zero-order chi connectivity index (χ0) is 17.4. The Labute approximate surface area is 143 Å². The maximum Gasteiger partial charge on any atom is 0.251 e. The molecule has 0 saturated heterocycles. The van der Waals surface area contributed by atoms with Gasteiger partial charge in [-0.15, -0.1) is 11.7 Å². The minimum atomic E-state index is -0.207. The van der Waals surface area contributed by atoms with Crippen LogP contribution in [0.15, 0.2) is 42.1 Å². The predicted octanol–water partition coefficient (Wildman–Crippen LogP) is 1.34. The Morgan fingerprint density at radius 3 is 3.00 bits per heavy atom. The highest BCUT2D eigenvalue weighted by atomic mass is 32.2. The standard InChI is InChI=1S/C15H18N6O2S/c1-3-8-21-15(18-19-20-21)24-10-13(22)17-12-7-5-6-11(9-12)14(23)16-4-2/h3,5-7,9H,1,4,8,10H2,2H3,(H,16,23)(H,17,22). The van der Waals surface area contributed by atoms with Crippen molar-refractivity contribution < 1.29 is 9.59 Å². The molecule has 24 heavy (non-hydrogen) atoms. The molecule has 0 unspecified atom stereocenters. The average molecular weight is 346 g/mol. The Balaban J connectivity index is 1.92. The molecule has 0 aliphatic rings. The minimum Gasteiger partial charge on any atom is -0.352 e. The molecular weight excluding hydrogens is 328 g/mol.